The molecule has 0 aromatic carbocycles. The zero-order valence-corrected chi connectivity index (χ0v) is 11.5. The summed E-state index contributed by atoms with van der Waals surface area (Å²) >= 11 is 0. The van der Waals surface area contributed by atoms with Gasteiger partial charge in [0.25, 0.3) is 0 Å². The van der Waals surface area contributed by atoms with E-state index in [1.807, 2.05) is 0 Å². The Morgan fingerprint density at radius 2 is 1.89 bits per heavy atom. The van der Waals surface area contributed by atoms with Gasteiger partial charge in [-0.3, -0.25) is 0 Å². The van der Waals surface area contributed by atoms with E-state index in [-0.39, 0.29) is 13.1 Å². The minimum Gasteiger partial charge on any atom is -0.444 e. The molecule has 7 heteroatoms. The number of carbonyl (C=O) groups is 1. The predicted molar refractivity (Wildman–Crippen MR) is 62.6 cm³/mol. The quantitative estimate of drug-likeness (QED) is 0.743. The van der Waals surface area contributed by atoms with Gasteiger partial charge in [-0.05, 0) is 20.8 Å². The number of hydrogen-bond donors (Lipinski definition) is 1. The van der Waals surface area contributed by atoms with Crippen molar-refractivity contribution in [2.24, 2.45) is 5.92 Å². The number of piperidine rings is 1. The van der Waals surface area contributed by atoms with Gasteiger partial charge in [-0.25, -0.2) is 4.79 Å². The van der Waals surface area contributed by atoms with Gasteiger partial charge in [0, 0.05) is 25.4 Å². The number of ether oxygens (including phenoxy) is 1. The Bertz CT molecular complexity index is 351. The molecule has 112 valence electrons. The van der Waals surface area contributed by atoms with Crippen molar-refractivity contribution in [1.82, 2.24) is 4.90 Å². The largest absolute Gasteiger partial charge is 0.444 e. The second-order valence-corrected chi connectivity index (χ2v) is 6.00. The van der Waals surface area contributed by atoms with Crippen molar-refractivity contribution in [2.45, 2.75) is 51.5 Å². The normalized spacial score (nSPS) is 29.3. The van der Waals surface area contributed by atoms with E-state index in [4.69, 9.17) is 4.74 Å². The molecule has 2 atom stereocenters. The minimum absolute atomic E-state index is 0.171. The summed E-state index contributed by atoms with van der Waals surface area (Å²) in [7, 11) is 0. The number of alkyl halides is 3. The van der Waals surface area contributed by atoms with Crippen LogP contribution in [0.2, 0.25) is 0 Å². The van der Waals surface area contributed by atoms with Gasteiger partial charge in [-0.1, -0.05) is 6.92 Å². The third-order valence-electron chi connectivity index (χ3n) is 3.21. The smallest absolute Gasteiger partial charge is 0.417 e. The lowest BCUT2D eigenvalue weighted by atomic mass is 9.81. The Morgan fingerprint density at radius 1 is 1.37 bits per heavy atom. The van der Waals surface area contributed by atoms with Crippen LogP contribution in [0.1, 0.15) is 34.1 Å². The van der Waals surface area contributed by atoms with E-state index in [1.165, 1.54) is 11.8 Å². The lowest BCUT2D eigenvalue weighted by molar-refractivity contribution is -0.288. The number of aliphatic hydroxyl groups is 1. The molecule has 0 radical (unpaired) electrons. The molecular formula is C12H20F3NO3. The van der Waals surface area contributed by atoms with Gasteiger partial charge in [0.05, 0.1) is 0 Å². The van der Waals surface area contributed by atoms with Gasteiger partial charge in [-0.2, -0.15) is 13.2 Å². The number of amides is 1. The Kier molecular flexibility index (Phi) is 4.10. The summed E-state index contributed by atoms with van der Waals surface area (Å²) in [4.78, 5) is 13.0. The molecule has 0 unspecified atom stereocenters. The summed E-state index contributed by atoms with van der Waals surface area (Å²) in [5, 5.41) is 9.70. The van der Waals surface area contributed by atoms with Gasteiger partial charge in [0.15, 0.2) is 5.60 Å². The number of likely N-dealkylation sites (tertiary alicyclic amines) is 1. The molecule has 1 rings (SSSR count). The number of hydrogen-bond acceptors (Lipinski definition) is 3. The van der Waals surface area contributed by atoms with Crippen LogP contribution in [0.4, 0.5) is 18.0 Å². The van der Waals surface area contributed by atoms with E-state index in [2.05, 4.69) is 0 Å². The van der Waals surface area contributed by atoms with Crippen molar-refractivity contribution >= 4 is 6.09 Å². The van der Waals surface area contributed by atoms with E-state index in [0.717, 1.165) is 0 Å². The average Bonchev–Trinajstić information content (AvgIpc) is 2.17. The number of nitrogens with zero attached hydrogens (tertiary/aromatic N) is 1. The molecule has 1 fully saturated rings. The fraction of sp³-hybridized carbons (Fsp3) is 0.917. The average molecular weight is 283 g/mol. The predicted octanol–water partition coefficient (Wildman–Crippen LogP) is 2.56. The van der Waals surface area contributed by atoms with Crippen molar-refractivity contribution in [1.29, 1.82) is 0 Å². The molecule has 0 spiro atoms. The highest BCUT2D eigenvalue weighted by atomic mass is 19.4. The van der Waals surface area contributed by atoms with Gasteiger partial charge in [-0.15, -0.1) is 0 Å². The van der Waals surface area contributed by atoms with Crippen LogP contribution in [0.25, 0.3) is 0 Å². The van der Waals surface area contributed by atoms with Crippen LogP contribution in [0.15, 0.2) is 0 Å². The van der Waals surface area contributed by atoms with Crippen molar-refractivity contribution < 1.29 is 27.8 Å². The molecule has 1 N–H and O–H groups in total. The molecule has 0 aromatic heterocycles. The zero-order chi connectivity index (χ0) is 15.1. The lowest BCUT2D eigenvalue weighted by Gasteiger charge is -2.43. The maximum absolute atomic E-state index is 12.8. The molecule has 1 amide bonds. The second-order valence-electron chi connectivity index (χ2n) is 6.00. The summed E-state index contributed by atoms with van der Waals surface area (Å²) < 4.78 is 43.5. The first kappa shape index (κ1) is 16.1. The standard InChI is InChI=1S/C12H20F3NO3/c1-8-7-16(9(17)19-10(2,3)4)6-5-11(8,18)12(13,14)15/h8,18H,5-7H2,1-4H3/t8-,11+/m0/s1. The highest BCUT2D eigenvalue weighted by Crippen LogP contribution is 2.41. The van der Waals surface area contributed by atoms with E-state index >= 15 is 0 Å². The molecule has 0 aliphatic carbocycles. The highest BCUT2D eigenvalue weighted by molar-refractivity contribution is 5.68. The van der Waals surface area contributed by atoms with Gasteiger partial charge in [0.1, 0.15) is 5.60 Å². The Balaban J connectivity index is 2.72. The van der Waals surface area contributed by atoms with Crippen LogP contribution in [-0.4, -0.2) is 46.6 Å². The van der Waals surface area contributed by atoms with Crippen LogP contribution in [-0.2, 0) is 4.74 Å². The Hall–Kier alpha value is -0.980. The molecule has 1 heterocycles. The van der Waals surface area contributed by atoms with Crippen LogP contribution in [0.3, 0.4) is 0 Å². The molecule has 0 saturated carbocycles. The molecule has 1 aliphatic heterocycles. The summed E-state index contributed by atoms with van der Waals surface area (Å²) in [6, 6.07) is 0. The van der Waals surface area contributed by atoms with Crippen LogP contribution >= 0.6 is 0 Å². The molecule has 4 nitrogen and oxygen atoms in total. The molecule has 1 aliphatic rings. The summed E-state index contributed by atoms with van der Waals surface area (Å²) in [6.07, 6.45) is -5.87. The van der Waals surface area contributed by atoms with E-state index in [1.54, 1.807) is 20.8 Å². The Labute approximate surface area is 110 Å². The third-order valence-corrected chi connectivity index (χ3v) is 3.21. The molecule has 0 bridgehead atoms. The second kappa shape index (κ2) is 4.85. The number of rotatable bonds is 0. The summed E-state index contributed by atoms with van der Waals surface area (Å²) in [5.74, 6) is -1.09. The van der Waals surface area contributed by atoms with E-state index in [0.29, 0.717) is 0 Å². The minimum atomic E-state index is -4.69. The molecule has 0 aromatic rings. The van der Waals surface area contributed by atoms with Crippen molar-refractivity contribution in [3.8, 4) is 0 Å². The Morgan fingerprint density at radius 3 is 2.26 bits per heavy atom. The topological polar surface area (TPSA) is 49.8 Å². The van der Waals surface area contributed by atoms with Gasteiger partial charge in [0.2, 0.25) is 0 Å². The van der Waals surface area contributed by atoms with Crippen molar-refractivity contribution in [3.05, 3.63) is 0 Å². The maximum atomic E-state index is 12.8. The highest BCUT2D eigenvalue weighted by Gasteiger charge is 2.59. The van der Waals surface area contributed by atoms with E-state index in [9.17, 15) is 23.1 Å². The number of halogens is 3. The van der Waals surface area contributed by atoms with Crippen LogP contribution < -0.4 is 0 Å². The molecule has 1 saturated heterocycles. The van der Waals surface area contributed by atoms with Crippen molar-refractivity contribution in [2.75, 3.05) is 13.1 Å². The lowest BCUT2D eigenvalue weighted by Crippen LogP contribution is -2.60. The monoisotopic (exact) mass is 283 g/mol. The first-order chi connectivity index (χ1) is 8.37. The van der Waals surface area contributed by atoms with Gasteiger partial charge < -0.3 is 14.7 Å². The molecular weight excluding hydrogens is 263 g/mol. The summed E-state index contributed by atoms with van der Waals surface area (Å²) in [5.41, 5.74) is -3.43. The number of carbonyl (C=O) groups excluding carboxylic acids is 1. The van der Waals surface area contributed by atoms with Crippen LogP contribution in [0, 0.1) is 5.92 Å². The van der Waals surface area contributed by atoms with E-state index < -0.39 is 35.8 Å². The first-order valence-corrected chi connectivity index (χ1v) is 6.14. The van der Waals surface area contributed by atoms with Crippen molar-refractivity contribution in [3.63, 3.8) is 0 Å². The fourth-order valence-electron chi connectivity index (χ4n) is 2.04. The SMILES string of the molecule is C[C@H]1CN(C(=O)OC(C)(C)C)CC[C@]1(O)C(F)(F)F. The fourth-order valence-corrected chi connectivity index (χ4v) is 2.04. The maximum Gasteiger partial charge on any atom is 0.417 e. The third kappa shape index (κ3) is 3.52. The molecule has 19 heavy (non-hydrogen) atoms. The van der Waals surface area contributed by atoms with Gasteiger partial charge >= 0.3 is 12.3 Å². The summed E-state index contributed by atoms with van der Waals surface area (Å²) in [6.45, 7) is 5.99. The zero-order valence-electron chi connectivity index (χ0n) is 11.5. The van der Waals surface area contributed by atoms with Crippen LogP contribution in [0.5, 0.6) is 0 Å². The first-order valence-electron chi connectivity index (χ1n) is 6.14.